The van der Waals surface area contributed by atoms with E-state index in [9.17, 15) is 14.4 Å². The molecule has 1 aromatic carbocycles. The molecule has 22 heavy (non-hydrogen) atoms. The van der Waals surface area contributed by atoms with Crippen molar-refractivity contribution < 1.29 is 19.1 Å². The van der Waals surface area contributed by atoms with Crippen LogP contribution < -0.4 is 21.1 Å². The van der Waals surface area contributed by atoms with Crippen LogP contribution in [0.1, 0.15) is 13.8 Å². The summed E-state index contributed by atoms with van der Waals surface area (Å²) in [4.78, 5) is 36.6. The lowest BCUT2D eigenvalue weighted by molar-refractivity contribution is -0.126. The lowest BCUT2D eigenvalue weighted by Crippen LogP contribution is -2.47. The average Bonchev–Trinajstić information content (AvgIpc) is 2.62. The Morgan fingerprint density at radius 3 is 2.59 bits per heavy atom. The molecule has 8 heteroatoms. The van der Waals surface area contributed by atoms with Gasteiger partial charge in [-0.25, -0.2) is 4.79 Å². The fourth-order valence-electron chi connectivity index (χ4n) is 2.12. The summed E-state index contributed by atoms with van der Waals surface area (Å²) in [5, 5.41) is 4.81. The van der Waals surface area contributed by atoms with E-state index in [4.69, 9.17) is 10.5 Å². The lowest BCUT2D eigenvalue weighted by Gasteiger charge is -2.27. The number of nitrogens with two attached hydrogens (primary N) is 1. The molecule has 118 valence electrons. The van der Waals surface area contributed by atoms with E-state index in [1.54, 1.807) is 32.0 Å². The number of hydrogen-bond acceptors (Lipinski definition) is 5. The molecule has 1 heterocycles. The highest BCUT2D eigenvalue weighted by Crippen LogP contribution is 2.25. The van der Waals surface area contributed by atoms with E-state index in [-0.39, 0.29) is 6.54 Å². The molecule has 1 aromatic rings. The van der Waals surface area contributed by atoms with Crippen molar-refractivity contribution in [3.8, 4) is 5.75 Å². The molecular weight excluding hydrogens is 288 g/mol. The molecule has 2 rings (SSSR count). The van der Waals surface area contributed by atoms with Gasteiger partial charge < -0.3 is 20.7 Å². The van der Waals surface area contributed by atoms with E-state index in [1.165, 1.54) is 12.0 Å². The third kappa shape index (κ3) is 2.80. The number of urea groups is 1. The number of carbonyl (C=O) groups is 3. The zero-order valence-electron chi connectivity index (χ0n) is 12.6. The zero-order valence-corrected chi connectivity index (χ0v) is 12.6. The molecule has 0 aromatic heterocycles. The van der Waals surface area contributed by atoms with Gasteiger partial charge in [-0.1, -0.05) is 0 Å². The van der Waals surface area contributed by atoms with Gasteiger partial charge in [-0.05, 0) is 32.0 Å². The molecule has 0 aliphatic carbocycles. The number of nitrogen functional groups attached to an aromatic ring is 1. The first-order valence-corrected chi connectivity index (χ1v) is 6.62. The molecule has 0 saturated carbocycles. The van der Waals surface area contributed by atoms with Gasteiger partial charge in [0.25, 0.3) is 5.91 Å². The van der Waals surface area contributed by atoms with E-state index in [1.807, 2.05) is 0 Å². The number of anilines is 2. The summed E-state index contributed by atoms with van der Waals surface area (Å²) in [6, 6.07) is 4.23. The maximum Gasteiger partial charge on any atom is 0.325 e. The summed E-state index contributed by atoms with van der Waals surface area (Å²) in [6.07, 6.45) is 0. The quantitative estimate of drug-likeness (QED) is 0.555. The van der Waals surface area contributed by atoms with Crippen molar-refractivity contribution in [3.63, 3.8) is 0 Å². The van der Waals surface area contributed by atoms with Gasteiger partial charge in [-0.3, -0.25) is 14.9 Å². The predicted molar refractivity (Wildman–Crippen MR) is 80.4 cm³/mol. The van der Waals surface area contributed by atoms with Gasteiger partial charge in [0.15, 0.2) is 0 Å². The minimum atomic E-state index is -1.06. The minimum Gasteiger partial charge on any atom is -0.495 e. The van der Waals surface area contributed by atoms with Gasteiger partial charge in [-0.15, -0.1) is 0 Å². The molecule has 4 amide bonds. The molecule has 4 N–H and O–H groups in total. The molecule has 1 saturated heterocycles. The summed E-state index contributed by atoms with van der Waals surface area (Å²) in [6.45, 7) is 2.91. The van der Waals surface area contributed by atoms with Crippen LogP contribution in [0.5, 0.6) is 5.75 Å². The Balaban J connectivity index is 2.06. The average molecular weight is 306 g/mol. The van der Waals surface area contributed by atoms with E-state index < -0.39 is 23.4 Å². The van der Waals surface area contributed by atoms with Crippen LogP contribution in [0.25, 0.3) is 0 Å². The molecular formula is C14H18N4O4. The van der Waals surface area contributed by atoms with Crippen LogP contribution in [-0.2, 0) is 9.59 Å². The Morgan fingerprint density at radius 1 is 1.41 bits per heavy atom. The van der Waals surface area contributed by atoms with Crippen molar-refractivity contribution in [2.24, 2.45) is 0 Å². The molecule has 8 nitrogen and oxygen atoms in total. The number of amides is 4. The third-order valence-electron chi connectivity index (χ3n) is 3.51. The van der Waals surface area contributed by atoms with Gasteiger partial charge in [0.1, 0.15) is 17.8 Å². The first kappa shape index (κ1) is 15.6. The van der Waals surface area contributed by atoms with Crippen molar-refractivity contribution in [3.05, 3.63) is 18.2 Å². The number of ether oxygens (including phenoxy) is 1. The smallest absolute Gasteiger partial charge is 0.325 e. The number of benzene rings is 1. The summed E-state index contributed by atoms with van der Waals surface area (Å²) >= 11 is 0. The number of hydrogen-bond donors (Lipinski definition) is 3. The van der Waals surface area contributed by atoms with E-state index in [2.05, 4.69) is 10.6 Å². The van der Waals surface area contributed by atoms with Crippen LogP contribution in [0.3, 0.4) is 0 Å². The van der Waals surface area contributed by atoms with Crippen molar-refractivity contribution in [2.75, 3.05) is 24.7 Å². The monoisotopic (exact) mass is 306 g/mol. The highest BCUT2D eigenvalue weighted by molar-refractivity contribution is 6.08. The van der Waals surface area contributed by atoms with Crippen molar-refractivity contribution in [2.45, 2.75) is 19.4 Å². The van der Waals surface area contributed by atoms with Gasteiger partial charge in [-0.2, -0.15) is 0 Å². The number of carbonyl (C=O) groups excluding carboxylic acids is 3. The molecule has 0 spiro atoms. The Morgan fingerprint density at radius 2 is 2.09 bits per heavy atom. The van der Waals surface area contributed by atoms with E-state index >= 15 is 0 Å². The van der Waals surface area contributed by atoms with Gasteiger partial charge in [0.2, 0.25) is 5.91 Å². The highest BCUT2D eigenvalue weighted by Gasteiger charge is 2.46. The Labute approximate surface area is 127 Å². The Bertz CT molecular complexity index is 642. The molecule has 1 aliphatic rings. The largest absolute Gasteiger partial charge is 0.495 e. The van der Waals surface area contributed by atoms with Gasteiger partial charge in [0, 0.05) is 5.69 Å². The Hall–Kier alpha value is -2.77. The van der Waals surface area contributed by atoms with Crippen LogP contribution in [0, 0.1) is 0 Å². The summed E-state index contributed by atoms with van der Waals surface area (Å²) in [5.74, 6) is -0.356. The van der Waals surface area contributed by atoms with Crippen LogP contribution >= 0.6 is 0 Å². The number of methoxy groups -OCH3 is 1. The van der Waals surface area contributed by atoms with Crippen LogP contribution in [0.15, 0.2) is 18.2 Å². The summed E-state index contributed by atoms with van der Waals surface area (Å²) in [7, 11) is 1.50. The molecule has 0 atom stereocenters. The maximum atomic E-state index is 12.1. The number of imide groups is 1. The second-order valence-corrected chi connectivity index (χ2v) is 5.41. The number of rotatable bonds is 4. The SMILES string of the molecule is COc1ccc(NC(=O)CN2C(=O)NC(=O)C2(C)C)cc1N. The zero-order chi connectivity index (χ0) is 16.5. The first-order valence-electron chi connectivity index (χ1n) is 6.62. The topological polar surface area (TPSA) is 114 Å². The first-order chi connectivity index (χ1) is 10.3. The molecule has 0 unspecified atom stereocenters. The fourth-order valence-corrected chi connectivity index (χ4v) is 2.12. The van der Waals surface area contributed by atoms with E-state index in [0.29, 0.717) is 17.1 Å². The van der Waals surface area contributed by atoms with Crippen LogP contribution in [0.2, 0.25) is 0 Å². The summed E-state index contributed by atoms with van der Waals surface area (Å²) in [5.41, 5.74) is 5.56. The second kappa shape index (κ2) is 5.55. The number of nitrogens with one attached hydrogen (secondary N) is 2. The van der Waals surface area contributed by atoms with Crippen LogP contribution in [0.4, 0.5) is 16.2 Å². The molecule has 1 aliphatic heterocycles. The van der Waals surface area contributed by atoms with Gasteiger partial charge >= 0.3 is 6.03 Å². The number of nitrogens with zero attached hydrogens (tertiary/aromatic N) is 1. The van der Waals surface area contributed by atoms with E-state index in [0.717, 1.165) is 0 Å². The lowest BCUT2D eigenvalue weighted by atomic mass is 10.0. The highest BCUT2D eigenvalue weighted by atomic mass is 16.5. The summed E-state index contributed by atoms with van der Waals surface area (Å²) < 4.78 is 5.03. The van der Waals surface area contributed by atoms with Gasteiger partial charge in [0.05, 0.1) is 12.8 Å². The second-order valence-electron chi connectivity index (χ2n) is 5.41. The minimum absolute atomic E-state index is 0.240. The fraction of sp³-hybridized carbons (Fsp3) is 0.357. The molecule has 0 bridgehead atoms. The van der Waals surface area contributed by atoms with Crippen molar-refractivity contribution >= 4 is 29.2 Å². The van der Waals surface area contributed by atoms with Crippen molar-refractivity contribution in [1.82, 2.24) is 10.2 Å². The normalized spacial score (nSPS) is 16.4. The van der Waals surface area contributed by atoms with Crippen LogP contribution in [-0.4, -0.2) is 41.9 Å². The third-order valence-corrected chi connectivity index (χ3v) is 3.51. The predicted octanol–water partition coefficient (Wildman–Crippen LogP) is 0.546. The molecule has 0 radical (unpaired) electrons. The van der Waals surface area contributed by atoms with Crippen molar-refractivity contribution in [1.29, 1.82) is 0 Å². The standard InChI is InChI=1S/C14H18N4O4/c1-14(2)12(20)17-13(21)18(14)7-11(19)16-8-4-5-10(22-3)9(15)6-8/h4-6H,7,15H2,1-3H3,(H,16,19)(H,17,20,21). The Kier molecular flexibility index (Phi) is 3.94. The maximum absolute atomic E-state index is 12.1. The molecule has 1 fully saturated rings.